The van der Waals surface area contributed by atoms with Crippen molar-refractivity contribution in [1.29, 1.82) is 0 Å². The maximum atomic E-state index is 12.8. The molecule has 27 heavy (non-hydrogen) atoms. The summed E-state index contributed by atoms with van der Waals surface area (Å²) < 4.78 is 45.5. The molecule has 6 nitrogen and oxygen atoms in total. The largest absolute Gasteiger partial charge is 0.476 e. The molecule has 0 aliphatic carbocycles. The van der Waals surface area contributed by atoms with Crippen molar-refractivity contribution in [3.8, 4) is 11.6 Å². The van der Waals surface area contributed by atoms with Crippen LogP contribution < -0.4 is 10.1 Å². The minimum Gasteiger partial charge on any atom is -0.476 e. The van der Waals surface area contributed by atoms with Gasteiger partial charge >= 0.3 is 6.18 Å². The summed E-state index contributed by atoms with van der Waals surface area (Å²) in [7, 11) is 0. The van der Waals surface area contributed by atoms with Crippen molar-refractivity contribution in [2.75, 3.05) is 18.5 Å². The molecule has 0 amide bonds. The van der Waals surface area contributed by atoms with E-state index in [9.17, 15) is 13.2 Å². The lowest BCUT2D eigenvalue weighted by Gasteiger charge is -2.13. The van der Waals surface area contributed by atoms with E-state index in [4.69, 9.17) is 27.9 Å². The fraction of sp³-hybridized carbons (Fsp3) is 0.188. The number of rotatable bonds is 6. The van der Waals surface area contributed by atoms with E-state index in [0.717, 1.165) is 6.33 Å². The van der Waals surface area contributed by atoms with Crippen molar-refractivity contribution < 1.29 is 17.9 Å². The molecule has 0 unspecified atom stereocenters. The van der Waals surface area contributed by atoms with Crippen LogP contribution in [-0.4, -0.2) is 32.9 Å². The Kier molecular flexibility index (Phi) is 5.71. The fourth-order valence-corrected chi connectivity index (χ4v) is 2.67. The highest BCUT2D eigenvalue weighted by Crippen LogP contribution is 2.35. The van der Waals surface area contributed by atoms with Crippen molar-refractivity contribution in [2.24, 2.45) is 0 Å². The van der Waals surface area contributed by atoms with Crippen LogP contribution in [0.2, 0.25) is 10.0 Å². The number of anilines is 1. The minimum absolute atomic E-state index is 0.119. The molecule has 1 aromatic carbocycles. The average molecular weight is 418 g/mol. The molecule has 0 spiro atoms. The molecule has 11 heteroatoms. The zero-order valence-corrected chi connectivity index (χ0v) is 15.1. The molecule has 142 valence electrons. The van der Waals surface area contributed by atoms with E-state index in [1.807, 2.05) is 6.07 Å². The van der Waals surface area contributed by atoms with Gasteiger partial charge in [0.1, 0.15) is 23.8 Å². The average Bonchev–Trinajstić information content (AvgIpc) is 3.07. The molecule has 0 bridgehead atoms. The van der Waals surface area contributed by atoms with Gasteiger partial charge in [-0.15, -0.1) is 0 Å². The van der Waals surface area contributed by atoms with Crippen LogP contribution in [0.15, 0.2) is 42.9 Å². The lowest BCUT2D eigenvalue weighted by molar-refractivity contribution is -0.141. The van der Waals surface area contributed by atoms with Crippen LogP contribution >= 0.6 is 23.2 Å². The molecule has 0 radical (unpaired) electrons. The summed E-state index contributed by atoms with van der Waals surface area (Å²) in [6.45, 7) is 0.294. The highest BCUT2D eigenvalue weighted by atomic mass is 35.5. The molecule has 0 aliphatic rings. The van der Waals surface area contributed by atoms with E-state index in [2.05, 4.69) is 20.4 Å². The summed E-state index contributed by atoms with van der Waals surface area (Å²) in [6, 6.07) is 8.70. The van der Waals surface area contributed by atoms with Crippen molar-refractivity contribution in [3.63, 3.8) is 0 Å². The Morgan fingerprint density at radius 2 is 1.96 bits per heavy atom. The smallest absolute Gasteiger partial charge is 0.435 e. The maximum Gasteiger partial charge on any atom is 0.435 e. The Labute approximate surface area is 161 Å². The van der Waals surface area contributed by atoms with Crippen LogP contribution in [0.5, 0.6) is 5.88 Å². The standard InChI is InChI=1S/C16H12Cl2F3N5O/c17-10-2-1-3-11(8-10)26-12(4-5-25-26)27-7-6-22-15-13(18)14(16(19,20)21)23-9-24-15/h1-5,8-9H,6-7H2,(H,22,23,24). The third-order valence-corrected chi connectivity index (χ3v) is 3.96. The summed E-state index contributed by atoms with van der Waals surface area (Å²) in [4.78, 5) is 6.89. The predicted molar refractivity (Wildman–Crippen MR) is 94.6 cm³/mol. The molecule has 1 N–H and O–H groups in total. The molecule has 3 rings (SSSR count). The van der Waals surface area contributed by atoms with Gasteiger partial charge in [0.05, 0.1) is 18.4 Å². The Morgan fingerprint density at radius 3 is 2.70 bits per heavy atom. The molecule has 0 saturated heterocycles. The van der Waals surface area contributed by atoms with Gasteiger partial charge < -0.3 is 10.1 Å². The second kappa shape index (κ2) is 8.01. The Morgan fingerprint density at radius 1 is 1.15 bits per heavy atom. The summed E-state index contributed by atoms with van der Waals surface area (Å²) >= 11 is 11.7. The fourth-order valence-electron chi connectivity index (χ4n) is 2.22. The second-order valence-corrected chi connectivity index (χ2v) is 6.03. The van der Waals surface area contributed by atoms with Crippen LogP contribution in [0.25, 0.3) is 5.69 Å². The van der Waals surface area contributed by atoms with Gasteiger partial charge in [-0.2, -0.15) is 18.3 Å². The highest BCUT2D eigenvalue weighted by Gasteiger charge is 2.36. The Bertz CT molecular complexity index is 932. The third kappa shape index (κ3) is 4.61. The molecule has 0 fully saturated rings. The number of hydrogen-bond donors (Lipinski definition) is 1. The summed E-state index contributed by atoms with van der Waals surface area (Å²) in [5, 5.41) is 6.82. The van der Waals surface area contributed by atoms with E-state index >= 15 is 0 Å². The van der Waals surface area contributed by atoms with Crippen molar-refractivity contribution in [2.45, 2.75) is 6.18 Å². The number of aromatic nitrogens is 4. The third-order valence-electron chi connectivity index (χ3n) is 3.36. The molecule has 0 aliphatic heterocycles. The van der Waals surface area contributed by atoms with E-state index in [-0.39, 0.29) is 19.0 Å². The number of nitrogens with one attached hydrogen (secondary N) is 1. The van der Waals surface area contributed by atoms with Gasteiger partial charge in [-0.3, -0.25) is 0 Å². The highest BCUT2D eigenvalue weighted by molar-refractivity contribution is 6.33. The molecule has 0 saturated carbocycles. The monoisotopic (exact) mass is 417 g/mol. The lowest BCUT2D eigenvalue weighted by atomic mass is 10.3. The first-order chi connectivity index (χ1) is 12.9. The van der Waals surface area contributed by atoms with E-state index in [0.29, 0.717) is 16.6 Å². The van der Waals surface area contributed by atoms with Crippen LogP contribution in [-0.2, 0) is 6.18 Å². The van der Waals surface area contributed by atoms with Gasteiger partial charge in [0.25, 0.3) is 0 Å². The zero-order valence-electron chi connectivity index (χ0n) is 13.5. The summed E-state index contributed by atoms with van der Waals surface area (Å²) in [5.74, 6) is 0.328. The van der Waals surface area contributed by atoms with Gasteiger partial charge in [-0.25, -0.2) is 14.6 Å². The van der Waals surface area contributed by atoms with Crippen molar-refractivity contribution >= 4 is 29.0 Å². The van der Waals surface area contributed by atoms with Gasteiger partial charge in [-0.05, 0) is 18.2 Å². The van der Waals surface area contributed by atoms with Gasteiger partial charge in [0.15, 0.2) is 5.69 Å². The first kappa shape index (κ1) is 19.2. The van der Waals surface area contributed by atoms with E-state index < -0.39 is 16.9 Å². The van der Waals surface area contributed by atoms with E-state index in [1.54, 1.807) is 35.1 Å². The van der Waals surface area contributed by atoms with Crippen LogP contribution in [0.4, 0.5) is 19.0 Å². The number of alkyl halides is 3. The van der Waals surface area contributed by atoms with Gasteiger partial charge in [0, 0.05) is 11.1 Å². The second-order valence-electron chi connectivity index (χ2n) is 5.22. The Hall–Kier alpha value is -2.52. The SMILES string of the molecule is FC(F)(F)c1ncnc(NCCOc2ccnn2-c2cccc(Cl)c2)c1Cl. The first-order valence-corrected chi connectivity index (χ1v) is 8.36. The molecular weight excluding hydrogens is 406 g/mol. The van der Waals surface area contributed by atoms with Gasteiger partial charge in [-0.1, -0.05) is 29.3 Å². The normalized spacial score (nSPS) is 11.4. The van der Waals surface area contributed by atoms with Gasteiger partial charge in [0.2, 0.25) is 5.88 Å². The molecule has 2 heterocycles. The van der Waals surface area contributed by atoms with Crippen LogP contribution in [0.1, 0.15) is 5.69 Å². The molecule has 0 atom stereocenters. The quantitative estimate of drug-likeness (QED) is 0.599. The topological polar surface area (TPSA) is 64.9 Å². The Balaban J connectivity index is 1.62. The summed E-state index contributed by atoms with van der Waals surface area (Å²) in [5.41, 5.74) is -0.481. The minimum atomic E-state index is -4.66. The number of ether oxygens (including phenoxy) is 1. The molecular formula is C16H12Cl2F3N5O. The molecule has 2 aromatic heterocycles. The number of hydrogen-bond acceptors (Lipinski definition) is 5. The van der Waals surface area contributed by atoms with E-state index in [1.165, 1.54) is 0 Å². The summed E-state index contributed by atoms with van der Waals surface area (Å²) in [6.07, 6.45) is -2.30. The van der Waals surface area contributed by atoms with Crippen LogP contribution in [0.3, 0.4) is 0 Å². The first-order valence-electron chi connectivity index (χ1n) is 7.60. The molecule has 3 aromatic rings. The number of nitrogens with zero attached hydrogens (tertiary/aromatic N) is 4. The predicted octanol–water partition coefficient (Wildman–Crippen LogP) is 4.48. The maximum absolute atomic E-state index is 12.8. The lowest BCUT2D eigenvalue weighted by Crippen LogP contribution is -2.16. The zero-order chi connectivity index (χ0) is 19.4. The number of halogens is 5. The van der Waals surface area contributed by atoms with Crippen molar-refractivity contribution in [3.05, 3.63) is 58.6 Å². The van der Waals surface area contributed by atoms with Crippen LogP contribution in [0, 0.1) is 0 Å². The van der Waals surface area contributed by atoms with Crippen molar-refractivity contribution in [1.82, 2.24) is 19.7 Å². The number of benzene rings is 1.